The Morgan fingerprint density at radius 2 is 1.86 bits per heavy atom. The minimum absolute atomic E-state index is 0. The lowest BCUT2D eigenvalue weighted by atomic mass is 10.0. The molecule has 1 atom stereocenters. The number of nitrogens with zero attached hydrogens (tertiary/aromatic N) is 1. The average Bonchev–Trinajstić information content (AvgIpc) is 2.84. The molecular formula is C16H28ClNO2S. The van der Waals surface area contributed by atoms with Gasteiger partial charge >= 0.3 is 0 Å². The van der Waals surface area contributed by atoms with Crippen molar-refractivity contribution in [2.45, 2.75) is 64.6 Å². The maximum atomic E-state index is 10.3. The van der Waals surface area contributed by atoms with Crippen molar-refractivity contribution in [3.8, 4) is 5.06 Å². The Balaban J connectivity index is 0.00000220. The van der Waals surface area contributed by atoms with Crippen LogP contribution < -0.4 is 4.74 Å². The van der Waals surface area contributed by atoms with Crippen molar-refractivity contribution in [2.24, 2.45) is 0 Å². The second kappa shape index (κ2) is 6.86. The van der Waals surface area contributed by atoms with E-state index in [2.05, 4.69) is 32.6 Å². The van der Waals surface area contributed by atoms with Gasteiger partial charge in [0.1, 0.15) is 12.7 Å². The number of thiophene rings is 1. The van der Waals surface area contributed by atoms with Gasteiger partial charge in [0, 0.05) is 23.2 Å². The van der Waals surface area contributed by atoms with Crippen LogP contribution in [0.3, 0.4) is 0 Å². The third-order valence-electron chi connectivity index (χ3n) is 4.43. The van der Waals surface area contributed by atoms with Crippen molar-refractivity contribution in [1.29, 1.82) is 0 Å². The first-order chi connectivity index (χ1) is 9.22. The zero-order valence-electron chi connectivity index (χ0n) is 13.7. The highest BCUT2D eigenvalue weighted by Gasteiger charge is 2.44. The first-order valence-electron chi connectivity index (χ1n) is 7.35. The van der Waals surface area contributed by atoms with E-state index >= 15 is 0 Å². The summed E-state index contributed by atoms with van der Waals surface area (Å²) in [6.07, 6.45) is 1.91. The van der Waals surface area contributed by atoms with Crippen LogP contribution >= 0.6 is 23.7 Å². The number of aliphatic hydroxyl groups is 1. The summed E-state index contributed by atoms with van der Waals surface area (Å²) in [6, 6.07) is 2.04. The second-order valence-electron chi connectivity index (χ2n) is 7.09. The molecule has 1 aliphatic rings. The van der Waals surface area contributed by atoms with Crippen LogP contribution in [-0.4, -0.2) is 40.3 Å². The molecule has 0 radical (unpaired) electrons. The molecule has 0 saturated carbocycles. The number of ether oxygens (including phenoxy) is 1. The number of aryl methyl sites for hydroxylation is 1. The number of aliphatic hydroxyl groups excluding tert-OH is 1. The quantitative estimate of drug-likeness (QED) is 0.887. The van der Waals surface area contributed by atoms with E-state index in [1.807, 2.05) is 18.4 Å². The molecule has 21 heavy (non-hydrogen) atoms. The number of β-amino-alcohol motifs (C(OH)–C–C–N with tert-alkyl or cyclic N) is 1. The van der Waals surface area contributed by atoms with Gasteiger partial charge in [0.25, 0.3) is 0 Å². The van der Waals surface area contributed by atoms with E-state index < -0.39 is 6.10 Å². The minimum Gasteiger partial charge on any atom is -0.481 e. The van der Waals surface area contributed by atoms with Crippen molar-refractivity contribution in [3.05, 3.63) is 17.0 Å². The van der Waals surface area contributed by atoms with Crippen molar-refractivity contribution >= 4 is 23.7 Å². The van der Waals surface area contributed by atoms with Crippen LogP contribution in [0.15, 0.2) is 11.4 Å². The lowest BCUT2D eigenvalue weighted by Gasteiger charge is -2.41. The summed E-state index contributed by atoms with van der Waals surface area (Å²) < 4.78 is 5.73. The average molecular weight is 334 g/mol. The molecule has 1 saturated heterocycles. The summed E-state index contributed by atoms with van der Waals surface area (Å²) in [5.41, 5.74) is 1.45. The summed E-state index contributed by atoms with van der Waals surface area (Å²) in [6.45, 7) is 12.1. The van der Waals surface area contributed by atoms with Crippen LogP contribution in [0.1, 0.15) is 46.1 Å². The third kappa shape index (κ3) is 4.35. The van der Waals surface area contributed by atoms with E-state index in [9.17, 15) is 5.11 Å². The minimum atomic E-state index is -0.451. The van der Waals surface area contributed by atoms with Gasteiger partial charge in [0.05, 0.1) is 0 Å². The van der Waals surface area contributed by atoms with E-state index in [1.165, 1.54) is 12.8 Å². The van der Waals surface area contributed by atoms with Gasteiger partial charge in [-0.15, -0.1) is 23.7 Å². The van der Waals surface area contributed by atoms with Crippen molar-refractivity contribution < 1.29 is 9.84 Å². The van der Waals surface area contributed by atoms with Crippen LogP contribution in [-0.2, 0) is 0 Å². The molecule has 1 N–H and O–H groups in total. The first kappa shape index (κ1) is 18.8. The van der Waals surface area contributed by atoms with Crippen molar-refractivity contribution in [2.75, 3.05) is 13.2 Å². The first-order valence-corrected chi connectivity index (χ1v) is 8.23. The van der Waals surface area contributed by atoms with Crippen LogP contribution in [0.25, 0.3) is 0 Å². The predicted octanol–water partition coefficient (Wildman–Crippen LogP) is 3.87. The molecule has 0 amide bonds. The highest BCUT2D eigenvalue weighted by molar-refractivity contribution is 7.12. The summed E-state index contributed by atoms with van der Waals surface area (Å²) in [7, 11) is 0. The largest absolute Gasteiger partial charge is 0.481 e. The molecule has 0 bridgehead atoms. The van der Waals surface area contributed by atoms with E-state index in [-0.39, 0.29) is 23.5 Å². The Labute approximate surface area is 138 Å². The summed E-state index contributed by atoms with van der Waals surface area (Å²) in [4.78, 5) is 2.43. The molecule has 1 aliphatic heterocycles. The van der Waals surface area contributed by atoms with Crippen LogP contribution in [0.4, 0.5) is 0 Å². The topological polar surface area (TPSA) is 32.7 Å². The monoisotopic (exact) mass is 333 g/mol. The molecule has 1 aromatic rings. The van der Waals surface area contributed by atoms with E-state index in [4.69, 9.17) is 4.74 Å². The molecule has 0 spiro atoms. The van der Waals surface area contributed by atoms with Gasteiger partial charge in [-0.3, -0.25) is 4.90 Å². The fraction of sp³-hybridized carbons (Fsp3) is 0.750. The molecule has 2 rings (SSSR count). The van der Waals surface area contributed by atoms with Crippen molar-refractivity contribution in [3.63, 3.8) is 0 Å². The number of likely N-dealkylation sites (tertiary alicyclic amines) is 1. The Kier molecular flexibility index (Phi) is 6.13. The Morgan fingerprint density at radius 1 is 1.29 bits per heavy atom. The fourth-order valence-electron chi connectivity index (χ4n) is 3.14. The van der Waals surface area contributed by atoms with Gasteiger partial charge < -0.3 is 9.84 Å². The molecule has 1 fully saturated rings. The fourth-order valence-corrected chi connectivity index (χ4v) is 3.92. The molecule has 1 unspecified atom stereocenters. The van der Waals surface area contributed by atoms with Crippen LogP contribution in [0.5, 0.6) is 5.06 Å². The van der Waals surface area contributed by atoms with Crippen LogP contribution in [0, 0.1) is 6.92 Å². The smallest absolute Gasteiger partial charge is 0.176 e. The molecular weight excluding hydrogens is 306 g/mol. The molecule has 1 aromatic heterocycles. The standard InChI is InChI=1S/C16H27NO2S.ClH/c1-12-6-9-20-14(12)19-11-13(18)10-17-15(2,3)7-8-16(17,4)5;/h6,9,13,18H,7-8,10-11H2,1-5H3;1H. The van der Waals surface area contributed by atoms with Gasteiger partial charge in [0.2, 0.25) is 0 Å². The molecule has 2 heterocycles. The van der Waals surface area contributed by atoms with Gasteiger partial charge in [-0.1, -0.05) is 0 Å². The zero-order chi connectivity index (χ0) is 15.0. The predicted molar refractivity (Wildman–Crippen MR) is 91.9 cm³/mol. The SMILES string of the molecule is Cc1ccsc1OCC(O)CN1C(C)(C)CCC1(C)C.Cl. The maximum Gasteiger partial charge on any atom is 0.176 e. The second-order valence-corrected chi connectivity index (χ2v) is 7.97. The zero-order valence-corrected chi connectivity index (χ0v) is 15.3. The number of hydrogen-bond acceptors (Lipinski definition) is 4. The van der Waals surface area contributed by atoms with E-state index in [0.29, 0.717) is 13.2 Å². The van der Waals surface area contributed by atoms with Gasteiger partial charge in [0.15, 0.2) is 5.06 Å². The Hall–Kier alpha value is -0.290. The maximum absolute atomic E-state index is 10.3. The normalized spacial score (nSPS) is 21.8. The molecule has 122 valence electrons. The lowest BCUT2D eigenvalue weighted by Crippen LogP contribution is -2.52. The molecule has 0 aromatic carbocycles. The van der Waals surface area contributed by atoms with Crippen molar-refractivity contribution in [1.82, 2.24) is 4.90 Å². The molecule has 3 nitrogen and oxygen atoms in total. The highest BCUT2D eigenvalue weighted by Crippen LogP contribution is 2.40. The van der Waals surface area contributed by atoms with Gasteiger partial charge in [-0.2, -0.15) is 0 Å². The Bertz CT molecular complexity index is 443. The van der Waals surface area contributed by atoms with Crippen LogP contribution in [0.2, 0.25) is 0 Å². The van der Waals surface area contributed by atoms with E-state index in [1.54, 1.807) is 11.3 Å². The van der Waals surface area contributed by atoms with Gasteiger partial charge in [-0.05, 0) is 58.9 Å². The molecule has 5 heteroatoms. The van der Waals surface area contributed by atoms with Gasteiger partial charge in [-0.25, -0.2) is 0 Å². The summed E-state index contributed by atoms with van der Waals surface area (Å²) >= 11 is 1.59. The summed E-state index contributed by atoms with van der Waals surface area (Å²) in [5.74, 6) is 0. The number of hydrogen-bond donors (Lipinski definition) is 1. The van der Waals surface area contributed by atoms with E-state index in [0.717, 1.165) is 10.6 Å². The number of rotatable bonds is 5. The number of halogens is 1. The molecule has 0 aliphatic carbocycles. The highest BCUT2D eigenvalue weighted by atomic mass is 35.5. The summed E-state index contributed by atoms with van der Waals surface area (Å²) in [5, 5.41) is 13.2. The Morgan fingerprint density at radius 3 is 2.33 bits per heavy atom. The lowest BCUT2D eigenvalue weighted by molar-refractivity contribution is 0.00577. The third-order valence-corrected chi connectivity index (χ3v) is 5.35.